The van der Waals surface area contributed by atoms with Gasteiger partial charge in [0.2, 0.25) is 0 Å². The van der Waals surface area contributed by atoms with Crippen LogP contribution in [0.5, 0.6) is 0 Å². The maximum Gasteiger partial charge on any atom is 0.251 e. The number of thioether (sulfide) groups is 1. The zero-order valence-corrected chi connectivity index (χ0v) is 13.1. The minimum atomic E-state index is -1.43. The first-order valence-electron chi connectivity index (χ1n) is 6.51. The van der Waals surface area contributed by atoms with Crippen LogP contribution in [-0.2, 0) is 4.79 Å². The maximum absolute atomic E-state index is 12.5. The number of rotatable bonds is 2. The van der Waals surface area contributed by atoms with E-state index in [9.17, 15) is 15.2 Å². The fourth-order valence-electron chi connectivity index (χ4n) is 2.88. The van der Waals surface area contributed by atoms with Gasteiger partial charge in [0.05, 0.1) is 6.07 Å². The standard InChI is InChI=1S/C14H14ClN3O2S/c1-13(2)9(6-16)18-11(20)14(15,12(18)21-13)10(19)8-4-3-5-17-7-8/h3-5,7,9-10,12,19H,1-2H3/t9-,10+,12-,14+/m0/s1. The van der Waals surface area contributed by atoms with Crippen molar-refractivity contribution in [3.8, 4) is 6.07 Å². The van der Waals surface area contributed by atoms with Crippen LogP contribution in [-0.4, -0.2) is 41.9 Å². The number of amides is 1. The number of fused-ring (bicyclic) bond motifs is 1. The molecule has 5 nitrogen and oxygen atoms in total. The lowest BCUT2D eigenvalue weighted by molar-refractivity contribution is -0.155. The number of nitriles is 1. The van der Waals surface area contributed by atoms with Crippen molar-refractivity contribution < 1.29 is 9.90 Å². The number of pyridine rings is 1. The number of β-lactam (4-membered cyclic amide) rings is 1. The number of hydrogen-bond donors (Lipinski definition) is 1. The second kappa shape index (κ2) is 4.60. The van der Waals surface area contributed by atoms with Crippen LogP contribution in [0.4, 0.5) is 0 Å². The van der Waals surface area contributed by atoms with E-state index in [0.29, 0.717) is 5.56 Å². The molecule has 1 N–H and O–H groups in total. The molecule has 1 amide bonds. The Balaban J connectivity index is 1.95. The largest absolute Gasteiger partial charge is 0.386 e. The van der Waals surface area contributed by atoms with Gasteiger partial charge in [-0.1, -0.05) is 6.07 Å². The number of carbonyl (C=O) groups is 1. The average molecular weight is 324 g/mol. The van der Waals surface area contributed by atoms with Crippen LogP contribution in [0.2, 0.25) is 0 Å². The summed E-state index contributed by atoms with van der Waals surface area (Å²) in [5.41, 5.74) is 0.499. The van der Waals surface area contributed by atoms with Crippen LogP contribution in [0.25, 0.3) is 0 Å². The molecule has 0 spiro atoms. The molecule has 0 saturated carbocycles. The highest BCUT2D eigenvalue weighted by atomic mass is 35.5. The molecule has 1 aromatic rings. The molecule has 2 fully saturated rings. The van der Waals surface area contributed by atoms with Gasteiger partial charge >= 0.3 is 0 Å². The molecule has 7 heteroatoms. The topological polar surface area (TPSA) is 77.2 Å². The molecule has 110 valence electrons. The molecule has 2 aliphatic rings. The smallest absolute Gasteiger partial charge is 0.251 e. The second-order valence-corrected chi connectivity index (χ2v) is 8.13. The van der Waals surface area contributed by atoms with Crippen LogP contribution in [0.15, 0.2) is 24.5 Å². The Morgan fingerprint density at radius 2 is 2.33 bits per heavy atom. The highest BCUT2D eigenvalue weighted by Crippen LogP contribution is 2.60. The van der Waals surface area contributed by atoms with E-state index >= 15 is 0 Å². The van der Waals surface area contributed by atoms with Crippen LogP contribution >= 0.6 is 23.4 Å². The summed E-state index contributed by atoms with van der Waals surface area (Å²) >= 11 is 7.95. The summed E-state index contributed by atoms with van der Waals surface area (Å²) in [5, 5.41) is 19.4. The Kier molecular flexibility index (Phi) is 3.21. The lowest BCUT2D eigenvalue weighted by atomic mass is 9.85. The number of aliphatic hydroxyl groups excluding tert-OH is 1. The van der Waals surface area contributed by atoms with Gasteiger partial charge < -0.3 is 10.0 Å². The van der Waals surface area contributed by atoms with Crippen molar-refractivity contribution in [2.75, 3.05) is 0 Å². The SMILES string of the molecule is CC1(C)S[C@@H]2N(C(=O)[C@]2(Cl)[C@H](O)c2cccnc2)[C@H]1C#N. The number of aliphatic hydroxyl groups is 1. The Morgan fingerprint density at radius 3 is 2.90 bits per heavy atom. The van der Waals surface area contributed by atoms with E-state index in [4.69, 9.17) is 11.6 Å². The van der Waals surface area contributed by atoms with Gasteiger partial charge in [0.15, 0.2) is 4.87 Å². The van der Waals surface area contributed by atoms with Gasteiger partial charge in [0.25, 0.3) is 5.91 Å². The molecular formula is C14H14ClN3O2S. The van der Waals surface area contributed by atoms with Crippen LogP contribution < -0.4 is 0 Å². The quantitative estimate of drug-likeness (QED) is 0.662. The first kappa shape index (κ1) is 14.6. The highest BCUT2D eigenvalue weighted by Gasteiger charge is 2.72. The lowest BCUT2D eigenvalue weighted by Gasteiger charge is -2.51. The van der Waals surface area contributed by atoms with Gasteiger partial charge in [-0.2, -0.15) is 5.26 Å². The molecule has 0 radical (unpaired) electrons. The van der Waals surface area contributed by atoms with Gasteiger partial charge in [-0.05, 0) is 19.9 Å². The van der Waals surface area contributed by atoms with Crippen molar-refractivity contribution in [2.45, 2.75) is 41.0 Å². The van der Waals surface area contributed by atoms with E-state index in [2.05, 4.69) is 11.1 Å². The van der Waals surface area contributed by atoms with E-state index in [1.165, 1.54) is 22.9 Å². The Bertz CT molecular complexity index is 633. The fraction of sp³-hybridized carbons (Fsp3) is 0.500. The summed E-state index contributed by atoms with van der Waals surface area (Å²) in [6.07, 6.45) is 1.94. The van der Waals surface area contributed by atoms with Gasteiger partial charge in [0.1, 0.15) is 17.5 Å². The molecule has 0 aliphatic carbocycles. The van der Waals surface area contributed by atoms with Gasteiger partial charge in [-0.15, -0.1) is 23.4 Å². The summed E-state index contributed by atoms with van der Waals surface area (Å²) < 4.78 is -0.416. The van der Waals surface area contributed by atoms with Crippen LogP contribution in [0.3, 0.4) is 0 Å². The van der Waals surface area contributed by atoms with Crippen molar-refractivity contribution in [1.29, 1.82) is 5.26 Å². The van der Waals surface area contributed by atoms with Gasteiger partial charge in [0, 0.05) is 22.7 Å². The number of alkyl halides is 1. The van der Waals surface area contributed by atoms with Gasteiger partial charge in [-0.25, -0.2) is 0 Å². The summed E-state index contributed by atoms with van der Waals surface area (Å²) in [5.74, 6) is -0.393. The minimum absolute atomic E-state index is 0.393. The van der Waals surface area contributed by atoms with Crippen molar-refractivity contribution >= 4 is 29.3 Å². The zero-order chi connectivity index (χ0) is 15.4. The van der Waals surface area contributed by atoms with Gasteiger partial charge in [-0.3, -0.25) is 9.78 Å². The molecule has 2 aliphatic heterocycles. The van der Waals surface area contributed by atoms with Crippen molar-refractivity contribution in [1.82, 2.24) is 9.88 Å². The highest BCUT2D eigenvalue weighted by molar-refractivity contribution is 8.01. The monoisotopic (exact) mass is 323 g/mol. The fourth-order valence-corrected chi connectivity index (χ4v) is 4.94. The third kappa shape index (κ3) is 1.81. The second-order valence-electron chi connectivity index (χ2n) is 5.77. The molecule has 2 saturated heterocycles. The van der Waals surface area contributed by atoms with Crippen LogP contribution in [0.1, 0.15) is 25.5 Å². The molecule has 0 aromatic carbocycles. The molecular weight excluding hydrogens is 310 g/mol. The minimum Gasteiger partial charge on any atom is -0.386 e. The maximum atomic E-state index is 12.5. The predicted octanol–water partition coefficient (Wildman–Crippen LogP) is 1.68. The predicted molar refractivity (Wildman–Crippen MR) is 79.5 cm³/mol. The van der Waals surface area contributed by atoms with E-state index in [-0.39, 0.29) is 0 Å². The van der Waals surface area contributed by atoms with E-state index in [1.54, 1.807) is 18.3 Å². The Hall–Kier alpha value is -1.29. The third-order valence-electron chi connectivity index (χ3n) is 4.05. The lowest BCUT2D eigenvalue weighted by Crippen LogP contribution is -2.71. The summed E-state index contributed by atoms with van der Waals surface area (Å²) in [6, 6.07) is 5.00. The molecule has 4 atom stereocenters. The van der Waals surface area contributed by atoms with Crippen LogP contribution in [0, 0.1) is 11.3 Å². The van der Waals surface area contributed by atoms with Crippen molar-refractivity contribution in [3.63, 3.8) is 0 Å². The number of halogens is 1. The Morgan fingerprint density at radius 1 is 1.62 bits per heavy atom. The number of aromatic nitrogens is 1. The molecule has 3 heterocycles. The van der Waals surface area contributed by atoms with E-state index in [0.717, 1.165) is 0 Å². The summed E-state index contributed by atoms with van der Waals surface area (Å²) in [4.78, 5) is 16.5. The summed E-state index contributed by atoms with van der Waals surface area (Å²) in [6.45, 7) is 3.82. The number of carbonyl (C=O) groups excluding carboxylic acids is 1. The van der Waals surface area contributed by atoms with Crippen molar-refractivity contribution in [2.24, 2.45) is 0 Å². The third-order valence-corrected chi connectivity index (χ3v) is 6.40. The van der Waals surface area contributed by atoms with Crippen molar-refractivity contribution in [3.05, 3.63) is 30.1 Å². The first-order valence-corrected chi connectivity index (χ1v) is 7.77. The van der Waals surface area contributed by atoms with E-state index in [1.807, 2.05) is 13.8 Å². The molecule has 1 aromatic heterocycles. The normalized spacial score (nSPS) is 34.8. The average Bonchev–Trinajstić information content (AvgIpc) is 2.75. The molecule has 21 heavy (non-hydrogen) atoms. The first-order chi connectivity index (χ1) is 9.84. The zero-order valence-electron chi connectivity index (χ0n) is 11.5. The molecule has 0 unspecified atom stereocenters. The molecule has 3 rings (SSSR count). The number of nitrogens with zero attached hydrogens (tertiary/aromatic N) is 3. The number of hydrogen-bond acceptors (Lipinski definition) is 5. The Labute approximate surface area is 131 Å². The van der Waals surface area contributed by atoms with E-state index < -0.39 is 33.0 Å². The molecule has 0 bridgehead atoms. The summed E-state index contributed by atoms with van der Waals surface area (Å²) in [7, 11) is 0.